The molecule has 1 N–H and O–H groups in total. The number of ether oxygens (including phenoxy) is 1. The molecule has 7 atom stereocenters. The van der Waals surface area contributed by atoms with E-state index in [1.165, 1.54) is 13.8 Å². The zero-order valence-electron chi connectivity index (χ0n) is 20.3. The molecule has 32 heavy (non-hydrogen) atoms. The average molecular weight is 445 g/mol. The van der Waals surface area contributed by atoms with Gasteiger partial charge in [-0.05, 0) is 37.5 Å². The summed E-state index contributed by atoms with van der Waals surface area (Å²) in [6, 6.07) is 0. The summed E-state index contributed by atoms with van der Waals surface area (Å²) in [5.74, 6) is -1.15. The van der Waals surface area contributed by atoms with E-state index in [1.54, 1.807) is 0 Å². The Morgan fingerprint density at radius 3 is 2.19 bits per heavy atom. The summed E-state index contributed by atoms with van der Waals surface area (Å²) >= 11 is 0. The first-order valence-corrected chi connectivity index (χ1v) is 11.8. The van der Waals surface area contributed by atoms with E-state index in [2.05, 4.69) is 6.92 Å². The van der Waals surface area contributed by atoms with Crippen molar-refractivity contribution in [3.63, 3.8) is 0 Å². The molecule has 0 heterocycles. The number of rotatable bonds is 2. The number of fused-ring (bicyclic) bond motifs is 4. The van der Waals surface area contributed by atoms with Gasteiger partial charge in [-0.1, -0.05) is 34.6 Å². The fourth-order valence-corrected chi connectivity index (χ4v) is 8.20. The quantitative estimate of drug-likeness (QED) is 0.654. The summed E-state index contributed by atoms with van der Waals surface area (Å²) < 4.78 is 5.63. The van der Waals surface area contributed by atoms with Gasteiger partial charge in [-0.2, -0.15) is 0 Å². The fraction of sp³-hybridized carbons (Fsp3) is 0.769. The Morgan fingerprint density at radius 2 is 1.62 bits per heavy atom. The van der Waals surface area contributed by atoms with Crippen LogP contribution in [-0.4, -0.2) is 40.6 Å². The number of carbonyl (C=O) groups is 4. The lowest BCUT2D eigenvalue weighted by Gasteiger charge is -2.60. The molecule has 4 aliphatic rings. The Kier molecular flexibility index (Phi) is 4.99. The molecule has 0 aliphatic heterocycles. The van der Waals surface area contributed by atoms with Crippen molar-refractivity contribution in [2.24, 2.45) is 33.5 Å². The molecule has 6 heteroatoms. The van der Waals surface area contributed by atoms with Crippen LogP contribution in [0.1, 0.15) is 80.6 Å². The Hall–Kier alpha value is -1.82. The molecule has 0 saturated heterocycles. The molecule has 0 amide bonds. The van der Waals surface area contributed by atoms with Crippen molar-refractivity contribution in [2.45, 2.75) is 92.8 Å². The van der Waals surface area contributed by atoms with Crippen LogP contribution < -0.4 is 0 Å². The van der Waals surface area contributed by atoms with Gasteiger partial charge in [-0.15, -0.1) is 0 Å². The highest BCUT2D eigenvalue weighted by molar-refractivity contribution is 6.12. The number of esters is 1. The second-order valence-corrected chi connectivity index (χ2v) is 11.9. The van der Waals surface area contributed by atoms with Crippen LogP contribution in [-0.2, 0) is 23.9 Å². The lowest BCUT2D eigenvalue weighted by Crippen LogP contribution is -2.60. The molecule has 0 aromatic heterocycles. The average Bonchev–Trinajstić information content (AvgIpc) is 2.86. The Labute approximate surface area is 190 Å². The van der Waals surface area contributed by atoms with Gasteiger partial charge in [0.05, 0.1) is 6.10 Å². The highest BCUT2D eigenvalue weighted by atomic mass is 16.5. The number of allylic oxidation sites excluding steroid dienone is 1. The number of hydrogen-bond donors (Lipinski definition) is 1. The Bertz CT molecular complexity index is 959. The van der Waals surface area contributed by atoms with Crippen molar-refractivity contribution in [1.29, 1.82) is 0 Å². The molecule has 2 fully saturated rings. The monoisotopic (exact) mass is 444 g/mol. The van der Waals surface area contributed by atoms with Gasteiger partial charge in [0.25, 0.3) is 0 Å². The SMILES string of the molecule is CC(=O)O[C@H]1CC[C@]2(C)C3=C(C(=O)C[C@H]2C1(C)C)[C@]1(C)[C@@H](O)C[C@H](C(C)=O)[C@@]1(C)CC3=O. The van der Waals surface area contributed by atoms with E-state index >= 15 is 0 Å². The van der Waals surface area contributed by atoms with E-state index in [4.69, 9.17) is 4.74 Å². The lowest BCUT2D eigenvalue weighted by molar-refractivity contribution is -0.169. The first-order chi connectivity index (χ1) is 14.6. The first-order valence-electron chi connectivity index (χ1n) is 11.8. The molecular weight excluding hydrogens is 408 g/mol. The number of ketones is 3. The Morgan fingerprint density at radius 1 is 1.00 bits per heavy atom. The van der Waals surface area contributed by atoms with Crippen molar-refractivity contribution in [3.8, 4) is 0 Å². The van der Waals surface area contributed by atoms with Crippen LogP contribution in [0.25, 0.3) is 0 Å². The van der Waals surface area contributed by atoms with Crippen LogP contribution in [0, 0.1) is 33.5 Å². The normalized spacial score (nSPS) is 45.1. The Balaban J connectivity index is 1.90. The van der Waals surface area contributed by atoms with E-state index in [9.17, 15) is 24.3 Å². The maximum Gasteiger partial charge on any atom is 0.302 e. The molecule has 0 bridgehead atoms. The zero-order valence-corrected chi connectivity index (χ0v) is 20.3. The number of hydrogen-bond acceptors (Lipinski definition) is 6. The smallest absolute Gasteiger partial charge is 0.302 e. The molecular formula is C26H36O6. The highest BCUT2D eigenvalue weighted by Crippen LogP contribution is 2.70. The minimum atomic E-state index is -0.936. The molecule has 0 aromatic rings. The summed E-state index contributed by atoms with van der Waals surface area (Å²) in [7, 11) is 0. The van der Waals surface area contributed by atoms with Gasteiger partial charge < -0.3 is 9.84 Å². The third-order valence-electron chi connectivity index (χ3n) is 10.1. The van der Waals surface area contributed by atoms with E-state index < -0.39 is 33.7 Å². The fourth-order valence-electron chi connectivity index (χ4n) is 8.20. The van der Waals surface area contributed by atoms with Crippen LogP contribution in [0.5, 0.6) is 0 Å². The van der Waals surface area contributed by atoms with Crippen LogP contribution in [0.15, 0.2) is 11.1 Å². The van der Waals surface area contributed by atoms with Crippen LogP contribution in [0.3, 0.4) is 0 Å². The molecule has 0 radical (unpaired) electrons. The molecule has 4 aliphatic carbocycles. The highest BCUT2D eigenvalue weighted by Gasteiger charge is 2.70. The van der Waals surface area contributed by atoms with Crippen molar-refractivity contribution < 1.29 is 29.0 Å². The van der Waals surface area contributed by atoms with Crippen LogP contribution in [0.4, 0.5) is 0 Å². The van der Waals surface area contributed by atoms with Gasteiger partial charge in [-0.25, -0.2) is 0 Å². The van der Waals surface area contributed by atoms with Gasteiger partial charge in [0, 0.05) is 53.1 Å². The number of aliphatic hydroxyl groups excluding tert-OH is 1. The summed E-state index contributed by atoms with van der Waals surface area (Å²) in [6.45, 7) is 12.8. The van der Waals surface area contributed by atoms with Gasteiger partial charge in [-0.3, -0.25) is 19.2 Å². The second-order valence-electron chi connectivity index (χ2n) is 11.9. The van der Waals surface area contributed by atoms with Gasteiger partial charge in [0.15, 0.2) is 11.6 Å². The van der Waals surface area contributed by atoms with Crippen LogP contribution in [0.2, 0.25) is 0 Å². The molecule has 6 nitrogen and oxygen atoms in total. The van der Waals surface area contributed by atoms with Gasteiger partial charge in [0.2, 0.25) is 0 Å². The number of Topliss-reactive ketones (excluding diaryl/α,β-unsaturated/α-hetero) is 3. The summed E-state index contributed by atoms with van der Waals surface area (Å²) in [4.78, 5) is 51.7. The minimum Gasteiger partial charge on any atom is -0.462 e. The number of aliphatic hydroxyl groups is 1. The van der Waals surface area contributed by atoms with Crippen molar-refractivity contribution in [3.05, 3.63) is 11.1 Å². The molecule has 176 valence electrons. The van der Waals surface area contributed by atoms with E-state index in [-0.39, 0.29) is 54.6 Å². The van der Waals surface area contributed by atoms with Crippen LogP contribution >= 0.6 is 0 Å². The van der Waals surface area contributed by atoms with Gasteiger partial charge >= 0.3 is 5.97 Å². The second kappa shape index (κ2) is 6.85. The standard InChI is InChI=1S/C26H36O6/c1-13(27)15-10-19(31)26(7)22-16(29)11-18-23(3,4)20(32-14(2)28)8-9-24(18,5)21(22)17(30)12-25(15,26)6/h15,18-20,31H,8-12H2,1-7H3/t15-,18+,19+,20+,24+,25-,26+/m1/s1. The molecule has 0 spiro atoms. The van der Waals surface area contributed by atoms with Crippen molar-refractivity contribution in [1.82, 2.24) is 0 Å². The minimum absolute atomic E-state index is 0.0394. The zero-order chi connectivity index (χ0) is 24.0. The van der Waals surface area contributed by atoms with Crippen molar-refractivity contribution in [2.75, 3.05) is 0 Å². The largest absolute Gasteiger partial charge is 0.462 e. The summed E-state index contributed by atoms with van der Waals surface area (Å²) in [6.07, 6.45) is 0.768. The molecule has 2 saturated carbocycles. The maximum atomic E-state index is 13.8. The summed E-state index contributed by atoms with van der Waals surface area (Å²) in [5, 5.41) is 11.2. The predicted octanol–water partition coefficient (Wildman–Crippen LogP) is 3.59. The van der Waals surface area contributed by atoms with Crippen molar-refractivity contribution >= 4 is 23.3 Å². The molecule has 0 aromatic carbocycles. The topological polar surface area (TPSA) is 97.7 Å². The third-order valence-corrected chi connectivity index (χ3v) is 10.1. The third kappa shape index (κ3) is 2.68. The van der Waals surface area contributed by atoms with Gasteiger partial charge in [0.1, 0.15) is 11.9 Å². The lowest BCUT2D eigenvalue weighted by atomic mass is 9.42. The number of carbonyl (C=O) groups excluding carboxylic acids is 4. The first kappa shape index (κ1) is 23.3. The predicted molar refractivity (Wildman–Crippen MR) is 117 cm³/mol. The molecule has 4 rings (SSSR count). The maximum absolute atomic E-state index is 13.8. The van der Waals surface area contributed by atoms with E-state index in [0.717, 1.165) is 0 Å². The van der Waals surface area contributed by atoms with E-state index in [0.29, 0.717) is 24.0 Å². The van der Waals surface area contributed by atoms with E-state index in [1.807, 2.05) is 27.7 Å². The summed E-state index contributed by atoms with van der Waals surface area (Å²) in [5.41, 5.74) is -1.71. The molecule has 0 unspecified atom stereocenters.